The second kappa shape index (κ2) is 8.03. The summed E-state index contributed by atoms with van der Waals surface area (Å²) < 4.78 is 48.5. The molecule has 3 rings (SSSR count). The van der Waals surface area contributed by atoms with Gasteiger partial charge in [-0.05, 0) is 37.3 Å². The molecule has 0 amide bonds. The molecule has 0 bridgehead atoms. The fourth-order valence-corrected chi connectivity index (χ4v) is 3.22. The molecule has 2 aromatic heterocycles. The molecular weight excluding hydrogens is 411 g/mol. The van der Waals surface area contributed by atoms with Crippen molar-refractivity contribution in [2.45, 2.75) is 13.1 Å². The van der Waals surface area contributed by atoms with Gasteiger partial charge in [-0.25, -0.2) is 19.6 Å². The number of nitrogens with one attached hydrogen (secondary N) is 1. The first-order chi connectivity index (χ1) is 13.7. The molecule has 0 saturated heterocycles. The van der Waals surface area contributed by atoms with E-state index in [-0.39, 0.29) is 29.2 Å². The fraction of sp³-hybridized carbons (Fsp3) is 0.222. The minimum absolute atomic E-state index is 0.00558. The molecular formula is C18H14F3N3O4S. The van der Waals surface area contributed by atoms with E-state index in [1.165, 1.54) is 19.2 Å². The number of hydrogen-bond donors (Lipinski definition) is 1. The molecule has 152 valence electrons. The van der Waals surface area contributed by atoms with Gasteiger partial charge in [-0.3, -0.25) is 0 Å². The number of fused-ring (bicyclic) bond motifs is 1. The van der Waals surface area contributed by atoms with E-state index in [0.29, 0.717) is 9.88 Å². The summed E-state index contributed by atoms with van der Waals surface area (Å²) in [7, 11) is 1.25. The van der Waals surface area contributed by atoms with Gasteiger partial charge in [-0.1, -0.05) is 0 Å². The molecule has 3 aromatic rings. The minimum Gasteiger partial charge on any atom is -0.465 e. The van der Waals surface area contributed by atoms with Gasteiger partial charge in [0, 0.05) is 0 Å². The van der Waals surface area contributed by atoms with E-state index in [9.17, 15) is 22.8 Å². The lowest BCUT2D eigenvalue weighted by atomic mass is 10.2. The number of nitrogens with zero attached hydrogens (tertiary/aromatic N) is 2. The highest BCUT2D eigenvalue weighted by Crippen LogP contribution is 2.32. The van der Waals surface area contributed by atoms with E-state index in [1.807, 2.05) is 0 Å². The van der Waals surface area contributed by atoms with Gasteiger partial charge in [0.1, 0.15) is 4.88 Å². The number of benzene rings is 1. The third-order valence-electron chi connectivity index (χ3n) is 3.69. The molecule has 0 fully saturated rings. The maximum atomic E-state index is 13.0. The Balaban J connectivity index is 2.06. The topological polar surface area (TPSA) is 90.4 Å². The minimum atomic E-state index is -4.56. The van der Waals surface area contributed by atoms with Crippen molar-refractivity contribution in [2.75, 3.05) is 19.0 Å². The van der Waals surface area contributed by atoms with Crippen LogP contribution in [0.5, 0.6) is 0 Å². The summed E-state index contributed by atoms with van der Waals surface area (Å²) in [5.74, 6) is -1.38. The average Bonchev–Trinajstić information content (AvgIpc) is 3.14. The van der Waals surface area contributed by atoms with Crippen LogP contribution in [0, 0.1) is 0 Å². The third-order valence-corrected chi connectivity index (χ3v) is 4.68. The highest BCUT2D eigenvalue weighted by atomic mass is 32.1. The number of alkyl halides is 3. The number of methoxy groups -OCH3 is 1. The van der Waals surface area contributed by atoms with Crippen LogP contribution in [0.25, 0.3) is 11.0 Å². The summed E-state index contributed by atoms with van der Waals surface area (Å²) in [6, 6.07) is 5.96. The summed E-state index contributed by atoms with van der Waals surface area (Å²) in [5.41, 5.74) is -1.13. The summed E-state index contributed by atoms with van der Waals surface area (Å²) in [6.45, 7) is 1.63. The zero-order valence-corrected chi connectivity index (χ0v) is 16.0. The molecule has 1 aromatic carbocycles. The smallest absolute Gasteiger partial charge is 0.416 e. The van der Waals surface area contributed by atoms with Crippen molar-refractivity contribution in [1.82, 2.24) is 9.97 Å². The van der Waals surface area contributed by atoms with Gasteiger partial charge in [0.05, 0.1) is 35.3 Å². The van der Waals surface area contributed by atoms with Gasteiger partial charge in [0.15, 0.2) is 11.5 Å². The Bertz CT molecular complexity index is 1080. The Labute approximate surface area is 166 Å². The molecule has 0 atom stereocenters. The maximum Gasteiger partial charge on any atom is 0.416 e. The molecule has 0 spiro atoms. The SMILES string of the molecule is CCOC(=O)c1nc2cc(C(F)(F)F)ccc2nc1Nc1ccc(C(=O)OC)s1. The molecule has 0 aliphatic rings. The van der Waals surface area contributed by atoms with Crippen molar-refractivity contribution in [2.24, 2.45) is 0 Å². The van der Waals surface area contributed by atoms with Crippen molar-refractivity contribution in [1.29, 1.82) is 0 Å². The lowest BCUT2D eigenvalue weighted by Gasteiger charge is -2.11. The van der Waals surface area contributed by atoms with Gasteiger partial charge < -0.3 is 14.8 Å². The third kappa shape index (κ3) is 4.45. The molecule has 0 saturated carbocycles. The Morgan fingerprint density at radius 2 is 1.86 bits per heavy atom. The highest BCUT2D eigenvalue weighted by Gasteiger charge is 2.31. The molecule has 0 radical (unpaired) electrons. The standard InChI is InChI=1S/C18H14F3N3O4S/c1-3-28-17(26)14-15(24-13-7-6-12(29-13)16(25)27-2)23-10-5-4-9(18(19,20)21)8-11(10)22-14/h4-8H,3H2,1-2H3,(H,23,24). The normalized spacial score (nSPS) is 11.3. The van der Waals surface area contributed by atoms with Crippen LogP contribution in [0.2, 0.25) is 0 Å². The lowest BCUT2D eigenvalue weighted by Crippen LogP contribution is -2.12. The number of rotatable bonds is 5. The number of carbonyl (C=O) groups is 2. The van der Waals surface area contributed by atoms with Crippen molar-refractivity contribution in [3.05, 3.63) is 46.5 Å². The number of ether oxygens (including phenoxy) is 2. The predicted molar refractivity (Wildman–Crippen MR) is 99.4 cm³/mol. The van der Waals surface area contributed by atoms with Crippen LogP contribution < -0.4 is 5.32 Å². The maximum absolute atomic E-state index is 13.0. The molecule has 0 aliphatic carbocycles. The van der Waals surface area contributed by atoms with E-state index < -0.39 is 23.7 Å². The Kier molecular flexibility index (Phi) is 5.69. The van der Waals surface area contributed by atoms with Crippen LogP contribution in [0.3, 0.4) is 0 Å². The number of thiophene rings is 1. The van der Waals surface area contributed by atoms with Gasteiger partial charge in [-0.15, -0.1) is 11.3 Å². The molecule has 0 aliphatic heterocycles. The molecule has 29 heavy (non-hydrogen) atoms. The molecule has 7 nitrogen and oxygen atoms in total. The monoisotopic (exact) mass is 425 g/mol. The van der Waals surface area contributed by atoms with Crippen LogP contribution in [-0.2, 0) is 15.7 Å². The first-order valence-corrected chi connectivity index (χ1v) is 9.06. The van der Waals surface area contributed by atoms with Crippen LogP contribution >= 0.6 is 11.3 Å². The largest absolute Gasteiger partial charge is 0.465 e. The number of halogens is 3. The summed E-state index contributed by atoms with van der Waals surface area (Å²) in [6.07, 6.45) is -4.56. The number of aromatic nitrogens is 2. The first-order valence-electron chi connectivity index (χ1n) is 8.24. The van der Waals surface area contributed by atoms with Gasteiger partial charge in [0.2, 0.25) is 0 Å². The van der Waals surface area contributed by atoms with Crippen LogP contribution in [-0.4, -0.2) is 35.6 Å². The summed E-state index contributed by atoms with van der Waals surface area (Å²) >= 11 is 1.05. The molecule has 11 heteroatoms. The van der Waals surface area contributed by atoms with E-state index >= 15 is 0 Å². The van der Waals surface area contributed by atoms with Gasteiger partial charge in [0.25, 0.3) is 0 Å². The second-order valence-electron chi connectivity index (χ2n) is 5.62. The fourth-order valence-electron chi connectivity index (χ4n) is 2.39. The summed E-state index contributed by atoms with van der Waals surface area (Å²) in [4.78, 5) is 32.4. The molecule has 2 heterocycles. The van der Waals surface area contributed by atoms with Gasteiger partial charge in [-0.2, -0.15) is 13.2 Å². The zero-order chi connectivity index (χ0) is 21.2. The number of carbonyl (C=O) groups excluding carboxylic acids is 2. The molecule has 0 unspecified atom stereocenters. The Morgan fingerprint density at radius 3 is 2.52 bits per heavy atom. The van der Waals surface area contributed by atoms with Crippen molar-refractivity contribution in [3.63, 3.8) is 0 Å². The quantitative estimate of drug-likeness (QED) is 0.605. The van der Waals surface area contributed by atoms with E-state index in [4.69, 9.17) is 4.74 Å². The Morgan fingerprint density at radius 1 is 1.10 bits per heavy atom. The molecule has 1 N–H and O–H groups in total. The average molecular weight is 425 g/mol. The lowest BCUT2D eigenvalue weighted by molar-refractivity contribution is -0.137. The van der Waals surface area contributed by atoms with Crippen molar-refractivity contribution < 1.29 is 32.2 Å². The van der Waals surface area contributed by atoms with Crippen molar-refractivity contribution >= 4 is 45.1 Å². The number of hydrogen-bond acceptors (Lipinski definition) is 8. The van der Waals surface area contributed by atoms with Crippen LogP contribution in [0.1, 0.15) is 32.6 Å². The zero-order valence-electron chi connectivity index (χ0n) is 15.2. The second-order valence-corrected chi connectivity index (χ2v) is 6.71. The number of esters is 2. The highest BCUT2D eigenvalue weighted by molar-refractivity contribution is 7.17. The van der Waals surface area contributed by atoms with E-state index in [2.05, 4.69) is 20.0 Å². The number of anilines is 2. The van der Waals surface area contributed by atoms with Crippen LogP contribution in [0.4, 0.5) is 24.0 Å². The van der Waals surface area contributed by atoms with Gasteiger partial charge >= 0.3 is 18.1 Å². The predicted octanol–water partition coefficient (Wildman–Crippen LogP) is 4.42. The first kappa shape index (κ1) is 20.5. The van der Waals surface area contributed by atoms with E-state index in [0.717, 1.165) is 23.5 Å². The van der Waals surface area contributed by atoms with Crippen molar-refractivity contribution in [3.8, 4) is 0 Å². The Hall–Kier alpha value is -3.21. The summed E-state index contributed by atoms with van der Waals surface area (Å²) in [5, 5.41) is 3.32. The van der Waals surface area contributed by atoms with E-state index in [1.54, 1.807) is 13.0 Å². The van der Waals surface area contributed by atoms with Crippen LogP contribution in [0.15, 0.2) is 30.3 Å².